The zero-order valence-corrected chi connectivity index (χ0v) is 9.54. The smallest absolute Gasteiger partial charge is 0.303 e. The van der Waals surface area contributed by atoms with Gasteiger partial charge in [-0.2, -0.15) is 0 Å². The summed E-state index contributed by atoms with van der Waals surface area (Å²) in [6.07, 6.45) is 1.43. The Morgan fingerprint density at radius 2 is 1.93 bits per heavy atom. The van der Waals surface area contributed by atoms with E-state index in [1.165, 1.54) is 0 Å². The Morgan fingerprint density at radius 3 is 2.40 bits per heavy atom. The molecule has 88 valence electrons. The first kappa shape index (κ1) is 13.9. The number of aliphatic carboxylic acids is 1. The molecule has 0 saturated carbocycles. The molecular formula is C10H20N2O3. The van der Waals surface area contributed by atoms with Crippen LogP contribution in [0.1, 0.15) is 33.1 Å². The monoisotopic (exact) mass is 216 g/mol. The van der Waals surface area contributed by atoms with E-state index in [0.29, 0.717) is 12.8 Å². The highest BCUT2D eigenvalue weighted by molar-refractivity contribution is 5.81. The molecule has 5 nitrogen and oxygen atoms in total. The van der Waals surface area contributed by atoms with Gasteiger partial charge in [-0.25, -0.2) is 0 Å². The predicted molar refractivity (Wildman–Crippen MR) is 57.6 cm³/mol. The van der Waals surface area contributed by atoms with Gasteiger partial charge in [-0.1, -0.05) is 0 Å². The second-order valence-electron chi connectivity index (χ2n) is 3.71. The standard InChI is InChI=1S/C10H20N2O3/c1-7(5-4-6-9(13)14)12-10(15)8(2)11-3/h7-8,11H,4-6H2,1-3H3,(H,12,15)(H,13,14). The summed E-state index contributed by atoms with van der Waals surface area (Å²) >= 11 is 0. The highest BCUT2D eigenvalue weighted by Crippen LogP contribution is 2.00. The van der Waals surface area contributed by atoms with Crippen LogP contribution in [0.3, 0.4) is 0 Å². The van der Waals surface area contributed by atoms with Crippen molar-refractivity contribution < 1.29 is 14.7 Å². The van der Waals surface area contributed by atoms with E-state index >= 15 is 0 Å². The lowest BCUT2D eigenvalue weighted by molar-refractivity contribution is -0.137. The number of carbonyl (C=O) groups is 2. The summed E-state index contributed by atoms with van der Waals surface area (Å²) < 4.78 is 0. The van der Waals surface area contributed by atoms with Gasteiger partial charge in [0.1, 0.15) is 0 Å². The van der Waals surface area contributed by atoms with Crippen LogP contribution < -0.4 is 10.6 Å². The van der Waals surface area contributed by atoms with Crippen LogP contribution in [-0.4, -0.2) is 36.1 Å². The number of carboxylic acids is 1. The molecule has 0 heterocycles. The summed E-state index contributed by atoms with van der Waals surface area (Å²) in [6.45, 7) is 3.65. The minimum atomic E-state index is -0.794. The SMILES string of the molecule is CNC(C)C(=O)NC(C)CCCC(=O)O. The maximum absolute atomic E-state index is 11.4. The van der Waals surface area contributed by atoms with Gasteiger partial charge in [0.2, 0.25) is 5.91 Å². The van der Waals surface area contributed by atoms with Crippen LogP contribution in [0.2, 0.25) is 0 Å². The molecular weight excluding hydrogens is 196 g/mol. The number of rotatable bonds is 7. The van der Waals surface area contributed by atoms with E-state index in [1.807, 2.05) is 6.92 Å². The van der Waals surface area contributed by atoms with Gasteiger partial charge in [-0.05, 0) is 33.7 Å². The van der Waals surface area contributed by atoms with Crippen molar-refractivity contribution in [3.8, 4) is 0 Å². The van der Waals surface area contributed by atoms with E-state index < -0.39 is 5.97 Å². The number of carboxylic acid groups (broad SMARTS) is 1. The molecule has 1 amide bonds. The Hall–Kier alpha value is -1.10. The first-order valence-corrected chi connectivity index (χ1v) is 5.16. The van der Waals surface area contributed by atoms with E-state index in [4.69, 9.17) is 5.11 Å². The molecule has 0 aliphatic rings. The molecule has 5 heteroatoms. The molecule has 2 unspecified atom stereocenters. The topological polar surface area (TPSA) is 78.4 Å². The lowest BCUT2D eigenvalue weighted by Crippen LogP contribution is -2.44. The van der Waals surface area contributed by atoms with Crippen molar-refractivity contribution in [3.63, 3.8) is 0 Å². The van der Waals surface area contributed by atoms with Gasteiger partial charge in [0, 0.05) is 12.5 Å². The number of nitrogens with one attached hydrogen (secondary N) is 2. The van der Waals surface area contributed by atoms with Gasteiger partial charge in [0.05, 0.1) is 6.04 Å². The van der Waals surface area contributed by atoms with Gasteiger partial charge < -0.3 is 15.7 Å². The van der Waals surface area contributed by atoms with Gasteiger partial charge in [0.25, 0.3) is 0 Å². The van der Waals surface area contributed by atoms with Crippen LogP contribution in [-0.2, 0) is 9.59 Å². The third kappa shape index (κ3) is 6.90. The fraction of sp³-hybridized carbons (Fsp3) is 0.800. The van der Waals surface area contributed by atoms with Crippen molar-refractivity contribution >= 4 is 11.9 Å². The Kier molecular flexibility index (Phi) is 6.70. The lowest BCUT2D eigenvalue weighted by Gasteiger charge is -2.16. The van der Waals surface area contributed by atoms with Crippen molar-refractivity contribution in [2.24, 2.45) is 0 Å². The summed E-state index contributed by atoms with van der Waals surface area (Å²) in [5, 5.41) is 14.1. The molecule has 0 radical (unpaired) electrons. The molecule has 0 fully saturated rings. The van der Waals surface area contributed by atoms with Crippen molar-refractivity contribution in [3.05, 3.63) is 0 Å². The molecule has 0 spiro atoms. The first-order chi connectivity index (χ1) is 6.97. The summed E-state index contributed by atoms with van der Waals surface area (Å²) in [5.41, 5.74) is 0. The zero-order valence-electron chi connectivity index (χ0n) is 9.54. The number of hydrogen-bond donors (Lipinski definition) is 3. The number of carbonyl (C=O) groups excluding carboxylic acids is 1. The lowest BCUT2D eigenvalue weighted by atomic mass is 10.1. The molecule has 0 rings (SSSR count). The second-order valence-corrected chi connectivity index (χ2v) is 3.71. The second kappa shape index (κ2) is 7.23. The van der Waals surface area contributed by atoms with Gasteiger partial charge in [0.15, 0.2) is 0 Å². The summed E-state index contributed by atoms with van der Waals surface area (Å²) in [7, 11) is 1.72. The fourth-order valence-electron chi connectivity index (χ4n) is 1.13. The molecule has 0 saturated heterocycles. The minimum Gasteiger partial charge on any atom is -0.481 e. The van der Waals surface area contributed by atoms with Crippen LogP contribution in [0.15, 0.2) is 0 Å². The van der Waals surface area contributed by atoms with Gasteiger partial charge in [-0.15, -0.1) is 0 Å². The van der Waals surface area contributed by atoms with Crippen molar-refractivity contribution in [1.29, 1.82) is 0 Å². The first-order valence-electron chi connectivity index (χ1n) is 5.16. The third-order valence-electron chi connectivity index (χ3n) is 2.24. The molecule has 0 aromatic rings. The predicted octanol–water partition coefficient (Wildman–Crippen LogP) is 0.354. The van der Waals surface area contributed by atoms with Crippen LogP contribution in [0.25, 0.3) is 0 Å². The minimum absolute atomic E-state index is 0.0210. The quantitative estimate of drug-likeness (QED) is 0.574. The van der Waals surface area contributed by atoms with Gasteiger partial charge >= 0.3 is 5.97 Å². The van der Waals surface area contributed by atoms with Crippen molar-refractivity contribution in [2.75, 3.05) is 7.05 Å². The van der Waals surface area contributed by atoms with Crippen LogP contribution in [0, 0.1) is 0 Å². The normalized spacial score (nSPS) is 14.3. The van der Waals surface area contributed by atoms with E-state index in [-0.39, 0.29) is 24.4 Å². The Labute approximate surface area is 90.2 Å². The van der Waals surface area contributed by atoms with Crippen LogP contribution in [0.5, 0.6) is 0 Å². The summed E-state index contributed by atoms with van der Waals surface area (Å²) in [5.74, 6) is -0.850. The molecule has 2 atom stereocenters. The molecule has 15 heavy (non-hydrogen) atoms. The van der Waals surface area contributed by atoms with E-state index in [2.05, 4.69) is 10.6 Å². The molecule has 0 bridgehead atoms. The summed E-state index contributed by atoms with van der Waals surface area (Å²) in [4.78, 5) is 21.7. The molecule has 0 aromatic carbocycles. The molecule has 3 N–H and O–H groups in total. The van der Waals surface area contributed by atoms with E-state index in [0.717, 1.165) is 0 Å². The Morgan fingerprint density at radius 1 is 1.33 bits per heavy atom. The number of likely N-dealkylation sites (N-methyl/N-ethyl adjacent to an activating group) is 1. The maximum Gasteiger partial charge on any atom is 0.303 e. The molecule has 0 aliphatic heterocycles. The largest absolute Gasteiger partial charge is 0.481 e. The molecule has 0 aromatic heterocycles. The zero-order chi connectivity index (χ0) is 11.8. The number of amides is 1. The van der Waals surface area contributed by atoms with Crippen molar-refractivity contribution in [2.45, 2.75) is 45.2 Å². The van der Waals surface area contributed by atoms with Crippen LogP contribution >= 0.6 is 0 Å². The summed E-state index contributed by atoms with van der Waals surface area (Å²) in [6, 6.07) is -0.195. The van der Waals surface area contributed by atoms with E-state index in [1.54, 1.807) is 14.0 Å². The number of hydrogen-bond acceptors (Lipinski definition) is 3. The average Bonchev–Trinajstić information content (AvgIpc) is 2.15. The highest BCUT2D eigenvalue weighted by Gasteiger charge is 2.12. The Bertz CT molecular complexity index is 219. The van der Waals surface area contributed by atoms with Crippen LogP contribution in [0.4, 0.5) is 0 Å². The highest BCUT2D eigenvalue weighted by atomic mass is 16.4. The maximum atomic E-state index is 11.4. The Balaban J connectivity index is 3.68. The van der Waals surface area contributed by atoms with Gasteiger partial charge in [-0.3, -0.25) is 9.59 Å². The fourth-order valence-corrected chi connectivity index (χ4v) is 1.13. The third-order valence-corrected chi connectivity index (χ3v) is 2.24. The van der Waals surface area contributed by atoms with E-state index in [9.17, 15) is 9.59 Å². The van der Waals surface area contributed by atoms with Crippen molar-refractivity contribution in [1.82, 2.24) is 10.6 Å². The molecule has 0 aliphatic carbocycles. The average molecular weight is 216 g/mol.